The molecule has 1 atom stereocenters. The fourth-order valence-corrected chi connectivity index (χ4v) is 3.43. The van der Waals surface area contributed by atoms with Crippen LogP contribution in [0.1, 0.15) is 49.1 Å². The summed E-state index contributed by atoms with van der Waals surface area (Å²) in [7, 11) is 0. The van der Waals surface area contributed by atoms with Crippen molar-refractivity contribution >= 4 is 5.69 Å². The molecule has 1 fully saturated rings. The summed E-state index contributed by atoms with van der Waals surface area (Å²) in [6.45, 7) is 3.35. The van der Waals surface area contributed by atoms with Crippen molar-refractivity contribution in [1.82, 2.24) is 0 Å². The van der Waals surface area contributed by atoms with Gasteiger partial charge in [0.25, 0.3) is 0 Å². The summed E-state index contributed by atoms with van der Waals surface area (Å²) >= 11 is 0. The second-order valence-corrected chi connectivity index (χ2v) is 5.48. The molecule has 1 aromatic carbocycles. The van der Waals surface area contributed by atoms with Crippen molar-refractivity contribution in [3.8, 4) is 0 Å². The van der Waals surface area contributed by atoms with E-state index in [0.29, 0.717) is 0 Å². The molecule has 0 bridgehead atoms. The first-order valence-corrected chi connectivity index (χ1v) is 6.69. The number of anilines is 1. The highest BCUT2D eigenvalue weighted by molar-refractivity contribution is 5.59. The Morgan fingerprint density at radius 1 is 1.12 bits per heavy atom. The molecule has 0 spiro atoms. The highest BCUT2D eigenvalue weighted by atomic mass is 14.9. The molecule has 1 saturated carbocycles. The Balaban J connectivity index is 1.84. The minimum absolute atomic E-state index is 0.788. The van der Waals surface area contributed by atoms with Crippen LogP contribution >= 0.6 is 0 Å². The first kappa shape index (κ1) is 10.2. The van der Waals surface area contributed by atoms with Gasteiger partial charge in [0, 0.05) is 18.2 Å². The lowest BCUT2D eigenvalue weighted by molar-refractivity contribution is 0.316. The van der Waals surface area contributed by atoms with E-state index in [1.165, 1.54) is 49.9 Å². The zero-order valence-corrected chi connectivity index (χ0v) is 10.1. The molecule has 1 unspecified atom stereocenters. The molecular formula is C15H21N. The van der Waals surface area contributed by atoms with Gasteiger partial charge in [-0.1, -0.05) is 31.4 Å². The molecule has 1 heterocycles. The normalized spacial score (nSPS) is 25.2. The van der Waals surface area contributed by atoms with E-state index in [4.69, 9.17) is 0 Å². The maximum Gasteiger partial charge on any atom is 0.0379 e. The fraction of sp³-hybridized carbons (Fsp3) is 0.600. The van der Waals surface area contributed by atoms with Crippen LogP contribution in [0.3, 0.4) is 0 Å². The Morgan fingerprint density at radius 3 is 2.75 bits per heavy atom. The number of rotatable bonds is 1. The largest absolute Gasteiger partial charge is 0.384 e. The van der Waals surface area contributed by atoms with Gasteiger partial charge in [0.05, 0.1) is 0 Å². The minimum Gasteiger partial charge on any atom is -0.384 e. The average molecular weight is 215 g/mol. The maximum atomic E-state index is 3.59. The average Bonchev–Trinajstić information content (AvgIpc) is 2.73. The number of benzene rings is 1. The van der Waals surface area contributed by atoms with Gasteiger partial charge in [0.2, 0.25) is 0 Å². The number of hydrogen-bond donors (Lipinski definition) is 1. The molecule has 16 heavy (non-hydrogen) atoms. The first-order valence-electron chi connectivity index (χ1n) is 6.69. The van der Waals surface area contributed by atoms with E-state index in [-0.39, 0.29) is 0 Å². The summed E-state index contributed by atoms with van der Waals surface area (Å²) in [5.41, 5.74) is 4.35. The molecule has 2 aliphatic rings. The van der Waals surface area contributed by atoms with Gasteiger partial charge in [-0.15, -0.1) is 0 Å². The molecule has 1 aliphatic carbocycles. The highest BCUT2D eigenvalue weighted by Gasteiger charge is 2.30. The van der Waals surface area contributed by atoms with Crippen LogP contribution in [-0.2, 0) is 0 Å². The monoisotopic (exact) mass is 215 g/mol. The molecule has 0 aromatic heterocycles. The van der Waals surface area contributed by atoms with E-state index in [1.807, 2.05) is 0 Å². The predicted molar refractivity (Wildman–Crippen MR) is 69.0 cm³/mol. The first-order chi connectivity index (χ1) is 7.84. The van der Waals surface area contributed by atoms with Gasteiger partial charge in [-0.2, -0.15) is 0 Å². The van der Waals surface area contributed by atoms with Crippen LogP contribution in [0.4, 0.5) is 5.69 Å². The Labute approximate surface area is 98.3 Å². The smallest absolute Gasteiger partial charge is 0.0379 e. The summed E-state index contributed by atoms with van der Waals surface area (Å²) in [5, 5.41) is 3.59. The van der Waals surface area contributed by atoms with Crippen LogP contribution in [0.15, 0.2) is 18.2 Å². The van der Waals surface area contributed by atoms with Crippen LogP contribution in [-0.4, -0.2) is 6.54 Å². The third-order valence-corrected chi connectivity index (χ3v) is 4.34. The van der Waals surface area contributed by atoms with Crippen molar-refractivity contribution in [3.05, 3.63) is 29.3 Å². The third kappa shape index (κ3) is 1.73. The van der Waals surface area contributed by atoms with Gasteiger partial charge in [-0.05, 0) is 42.9 Å². The minimum atomic E-state index is 0.788. The second kappa shape index (κ2) is 4.12. The molecule has 1 nitrogen and oxygen atoms in total. The van der Waals surface area contributed by atoms with Crippen molar-refractivity contribution in [1.29, 1.82) is 0 Å². The molecule has 86 valence electrons. The van der Waals surface area contributed by atoms with Crippen molar-refractivity contribution in [2.75, 3.05) is 11.9 Å². The number of nitrogens with one attached hydrogen (secondary N) is 1. The Morgan fingerprint density at radius 2 is 1.94 bits per heavy atom. The lowest BCUT2D eigenvalue weighted by Crippen LogP contribution is -2.17. The molecule has 0 radical (unpaired) electrons. The summed E-state index contributed by atoms with van der Waals surface area (Å²) in [4.78, 5) is 0. The zero-order valence-electron chi connectivity index (χ0n) is 10.1. The lowest BCUT2D eigenvalue weighted by atomic mass is 9.77. The molecule has 1 heteroatoms. The van der Waals surface area contributed by atoms with Crippen molar-refractivity contribution in [2.45, 2.75) is 44.9 Å². The zero-order chi connectivity index (χ0) is 11.0. The van der Waals surface area contributed by atoms with Gasteiger partial charge >= 0.3 is 0 Å². The van der Waals surface area contributed by atoms with E-state index < -0.39 is 0 Å². The molecule has 1 aliphatic heterocycles. The van der Waals surface area contributed by atoms with Crippen molar-refractivity contribution < 1.29 is 0 Å². The van der Waals surface area contributed by atoms with Crippen LogP contribution in [0.2, 0.25) is 0 Å². The van der Waals surface area contributed by atoms with Crippen LogP contribution in [0, 0.1) is 12.8 Å². The lowest BCUT2D eigenvalue weighted by Gasteiger charge is -2.27. The predicted octanol–water partition coefficient (Wildman–Crippen LogP) is 4.08. The van der Waals surface area contributed by atoms with Crippen LogP contribution in [0.25, 0.3) is 0 Å². The van der Waals surface area contributed by atoms with Crippen molar-refractivity contribution in [3.63, 3.8) is 0 Å². The summed E-state index contributed by atoms with van der Waals surface area (Å²) in [5.74, 6) is 1.72. The topological polar surface area (TPSA) is 12.0 Å². The third-order valence-electron chi connectivity index (χ3n) is 4.34. The van der Waals surface area contributed by atoms with Gasteiger partial charge in [-0.3, -0.25) is 0 Å². The van der Waals surface area contributed by atoms with Gasteiger partial charge < -0.3 is 5.32 Å². The molecule has 1 aromatic rings. The summed E-state index contributed by atoms with van der Waals surface area (Å²) < 4.78 is 0. The summed E-state index contributed by atoms with van der Waals surface area (Å²) in [6.07, 6.45) is 7.24. The Bertz CT molecular complexity index is 377. The SMILES string of the molecule is Cc1ccc2c(c1)NCC2C1CCCCC1. The van der Waals surface area contributed by atoms with E-state index in [1.54, 1.807) is 5.56 Å². The second-order valence-electron chi connectivity index (χ2n) is 5.48. The van der Waals surface area contributed by atoms with E-state index >= 15 is 0 Å². The number of hydrogen-bond acceptors (Lipinski definition) is 1. The van der Waals surface area contributed by atoms with Gasteiger partial charge in [0.1, 0.15) is 0 Å². The number of aryl methyl sites for hydroxylation is 1. The molecule has 0 saturated heterocycles. The molecule has 1 N–H and O–H groups in total. The van der Waals surface area contributed by atoms with Crippen LogP contribution < -0.4 is 5.32 Å². The fourth-order valence-electron chi connectivity index (χ4n) is 3.43. The number of fused-ring (bicyclic) bond motifs is 1. The summed E-state index contributed by atoms with van der Waals surface area (Å²) in [6, 6.07) is 6.92. The molecular weight excluding hydrogens is 194 g/mol. The Hall–Kier alpha value is -0.980. The molecule has 3 rings (SSSR count). The van der Waals surface area contributed by atoms with E-state index in [0.717, 1.165) is 11.8 Å². The maximum absolute atomic E-state index is 3.59. The van der Waals surface area contributed by atoms with Crippen LogP contribution in [0.5, 0.6) is 0 Å². The Kier molecular flexibility index (Phi) is 2.62. The van der Waals surface area contributed by atoms with E-state index in [9.17, 15) is 0 Å². The molecule has 0 amide bonds. The van der Waals surface area contributed by atoms with E-state index in [2.05, 4.69) is 30.4 Å². The van der Waals surface area contributed by atoms with Gasteiger partial charge in [-0.25, -0.2) is 0 Å². The van der Waals surface area contributed by atoms with Crippen molar-refractivity contribution in [2.24, 2.45) is 5.92 Å². The van der Waals surface area contributed by atoms with Gasteiger partial charge in [0.15, 0.2) is 0 Å². The standard InChI is InChI=1S/C15H21N/c1-11-7-8-13-14(10-16-15(13)9-11)12-5-3-2-4-6-12/h7-9,12,14,16H,2-6,10H2,1H3. The highest BCUT2D eigenvalue weighted by Crippen LogP contribution is 2.42. The quantitative estimate of drug-likeness (QED) is 0.744.